The van der Waals surface area contributed by atoms with Crippen LogP contribution in [0, 0.1) is 12.8 Å². The minimum atomic E-state index is -3.54. The molecule has 180 valence electrons. The SMILES string of the molecule is Cc1ccc(S(=O)(=O)N2CCC(C(=O)N(Cc3ccccc3)[C@@H](C)Cc3cccs3)CC2)cc1. The summed E-state index contributed by atoms with van der Waals surface area (Å²) >= 11 is 1.71. The number of carbonyl (C=O) groups is 1. The van der Waals surface area contributed by atoms with Crippen LogP contribution in [0.15, 0.2) is 77.0 Å². The highest BCUT2D eigenvalue weighted by Crippen LogP contribution is 2.27. The summed E-state index contributed by atoms with van der Waals surface area (Å²) < 4.78 is 27.7. The highest BCUT2D eigenvalue weighted by atomic mass is 32.2. The first-order chi connectivity index (χ1) is 16.3. The smallest absolute Gasteiger partial charge is 0.243 e. The lowest BCUT2D eigenvalue weighted by Crippen LogP contribution is -2.47. The predicted molar refractivity (Wildman–Crippen MR) is 137 cm³/mol. The molecule has 4 rings (SSSR count). The lowest BCUT2D eigenvalue weighted by atomic mass is 9.95. The second-order valence-electron chi connectivity index (χ2n) is 9.08. The van der Waals surface area contributed by atoms with E-state index in [1.165, 1.54) is 9.18 Å². The van der Waals surface area contributed by atoms with Crippen molar-refractivity contribution in [2.24, 2.45) is 5.92 Å². The lowest BCUT2D eigenvalue weighted by molar-refractivity contribution is -0.139. The van der Waals surface area contributed by atoms with E-state index < -0.39 is 10.0 Å². The maximum Gasteiger partial charge on any atom is 0.243 e. The Bertz CT molecular complexity index is 1170. The summed E-state index contributed by atoms with van der Waals surface area (Å²) in [6, 6.07) is 21.2. The molecule has 5 nitrogen and oxygen atoms in total. The van der Waals surface area contributed by atoms with E-state index in [0.29, 0.717) is 37.4 Å². The number of rotatable bonds is 8. The fourth-order valence-electron chi connectivity index (χ4n) is 4.50. The van der Waals surface area contributed by atoms with Crippen LogP contribution in [0.2, 0.25) is 0 Å². The normalized spacial score (nSPS) is 16.3. The third-order valence-corrected chi connectivity index (χ3v) is 9.36. The van der Waals surface area contributed by atoms with Gasteiger partial charge < -0.3 is 4.90 Å². The number of amides is 1. The fraction of sp³-hybridized carbons (Fsp3) is 0.370. The Morgan fingerprint density at radius 3 is 2.32 bits per heavy atom. The van der Waals surface area contributed by atoms with Gasteiger partial charge in [0.1, 0.15) is 0 Å². The Balaban J connectivity index is 1.45. The van der Waals surface area contributed by atoms with Crippen LogP contribution in [0.5, 0.6) is 0 Å². The van der Waals surface area contributed by atoms with Crippen molar-refractivity contribution in [2.45, 2.75) is 50.6 Å². The van der Waals surface area contributed by atoms with Gasteiger partial charge in [-0.1, -0.05) is 54.1 Å². The Labute approximate surface area is 207 Å². The molecule has 34 heavy (non-hydrogen) atoms. The number of carbonyl (C=O) groups excluding carboxylic acids is 1. The van der Waals surface area contributed by atoms with Crippen molar-refractivity contribution in [3.8, 4) is 0 Å². The van der Waals surface area contributed by atoms with Crippen LogP contribution in [0.3, 0.4) is 0 Å². The first kappa shape index (κ1) is 24.6. The number of hydrogen-bond donors (Lipinski definition) is 0. The van der Waals surface area contributed by atoms with E-state index in [1.807, 2.05) is 48.2 Å². The van der Waals surface area contributed by atoms with E-state index in [4.69, 9.17) is 0 Å². The standard InChI is InChI=1S/C27H32N2O3S2/c1-21-10-12-26(13-11-21)34(31,32)28-16-14-24(15-17-28)27(30)29(20-23-7-4-3-5-8-23)22(2)19-25-9-6-18-33-25/h3-13,18,22,24H,14-17,19-20H2,1-2H3/t22-/m0/s1. The Morgan fingerprint density at radius 2 is 1.71 bits per heavy atom. The van der Waals surface area contributed by atoms with Crippen LogP contribution >= 0.6 is 11.3 Å². The molecule has 1 atom stereocenters. The maximum absolute atomic E-state index is 13.7. The fourth-order valence-corrected chi connectivity index (χ4v) is 6.79. The zero-order valence-corrected chi connectivity index (χ0v) is 21.4. The van der Waals surface area contributed by atoms with Gasteiger partial charge in [-0.2, -0.15) is 4.31 Å². The number of thiophene rings is 1. The molecule has 0 saturated carbocycles. The van der Waals surface area contributed by atoms with E-state index in [1.54, 1.807) is 23.5 Å². The quantitative estimate of drug-likeness (QED) is 0.435. The van der Waals surface area contributed by atoms with E-state index in [0.717, 1.165) is 17.5 Å². The Kier molecular flexibility index (Phi) is 7.86. The average molecular weight is 497 g/mol. The molecule has 0 N–H and O–H groups in total. The van der Waals surface area contributed by atoms with Gasteiger partial charge in [0.2, 0.25) is 15.9 Å². The van der Waals surface area contributed by atoms with Gasteiger partial charge in [-0.3, -0.25) is 4.79 Å². The maximum atomic E-state index is 13.7. The Hall–Kier alpha value is -2.48. The van der Waals surface area contributed by atoms with Crippen molar-refractivity contribution in [1.82, 2.24) is 9.21 Å². The number of sulfonamides is 1. The molecular formula is C27H32N2O3S2. The summed E-state index contributed by atoms with van der Waals surface area (Å²) in [6.45, 7) is 5.34. The molecule has 1 amide bonds. The van der Waals surface area contributed by atoms with Crippen LogP contribution in [0.25, 0.3) is 0 Å². The summed E-state index contributed by atoms with van der Waals surface area (Å²) in [5.74, 6) is -0.0424. The lowest BCUT2D eigenvalue weighted by Gasteiger charge is -2.36. The summed E-state index contributed by atoms with van der Waals surface area (Å²) in [5.41, 5.74) is 2.13. The molecule has 1 fully saturated rings. The molecule has 0 unspecified atom stereocenters. The largest absolute Gasteiger partial charge is 0.335 e. The second-order valence-corrected chi connectivity index (χ2v) is 12.0. The van der Waals surface area contributed by atoms with E-state index >= 15 is 0 Å². The van der Waals surface area contributed by atoms with Gasteiger partial charge in [-0.05, 0) is 55.8 Å². The molecule has 0 radical (unpaired) electrons. The van der Waals surface area contributed by atoms with Crippen LogP contribution in [0.1, 0.15) is 35.8 Å². The molecule has 0 bridgehead atoms. The molecule has 1 saturated heterocycles. The van der Waals surface area contributed by atoms with E-state index in [9.17, 15) is 13.2 Å². The van der Waals surface area contributed by atoms with Gasteiger partial charge in [0.15, 0.2) is 0 Å². The van der Waals surface area contributed by atoms with Gasteiger partial charge in [-0.25, -0.2) is 8.42 Å². The molecule has 1 aromatic heterocycles. The minimum Gasteiger partial charge on any atom is -0.335 e. The van der Waals surface area contributed by atoms with Gasteiger partial charge in [0.05, 0.1) is 4.90 Å². The number of aryl methyl sites for hydroxylation is 1. The molecule has 1 aliphatic heterocycles. The zero-order valence-electron chi connectivity index (χ0n) is 19.8. The second kappa shape index (κ2) is 10.8. The number of piperidine rings is 1. The third-order valence-electron chi connectivity index (χ3n) is 6.55. The van der Waals surface area contributed by atoms with E-state index in [2.05, 4.69) is 30.5 Å². The summed E-state index contributed by atoms with van der Waals surface area (Å²) in [7, 11) is -3.54. The Morgan fingerprint density at radius 1 is 1.03 bits per heavy atom. The summed E-state index contributed by atoms with van der Waals surface area (Å²) in [4.78, 5) is 17.3. The van der Waals surface area contributed by atoms with Gasteiger partial charge in [0.25, 0.3) is 0 Å². The highest BCUT2D eigenvalue weighted by molar-refractivity contribution is 7.89. The van der Waals surface area contributed by atoms with Gasteiger partial charge >= 0.3 is 0 Å². The first-order valence-electron chi connectivity index (χ1n) is 11.8. The third kappa shape index (κ3) is 5.77. The average Bonchev–Trinajstić information content (AvgIpc) is 3.36. The molecule has 2 heterocycles. The summed E-state index contributed by atoms with van der Waals surface area (Å²) in [6.07, 6.45) is 1.90. The van der Waals surface area contributed by atoms with E-state index in [-0.39, 0.29) is 17.9 Å². The molecule has 0 aliphatic carbocycles. The van der Waals surface area contributed by atoms with Crippen molar-refractivity contribution >= 4 is 27.3 Å². The molecule has 3 aromatic rings. The van der Waals surface area contributed by atoms with Gasteiger partial charge in [-0.15, -0.1) is 11.3 Å². The van der Waals surface area contributed by atoms with Crippen LogP contribution in [0.4, 0.5) is 0 Å². The monoisotopic (exact) mass is 496 g/mol. The minimum absolute atomic E-state index is 0.0562. The number of nitrogens with zero attached hydrogens (tertiary/aromatic N) is 2. The predicted octanol–water partition coefficient (Wildman–Crippen LogP) is 5.12. The van der Waals surface area contributed by atoms with Crippen LogP contribution in [-0.4, -0.2) is 42.7 Å². The number of hydrogen-bond acceptors (Lipinski definition) is 4. The van der Waals surface area contributed by atoms with Crippen molar-refractivity contribution in [2.75, 3.05) is 13.1 Å². The topological polar surface area (TPSA) is 57.7 Å². The van der Waals surface area contributed by atoms with Crippen molar-refractivity contribution in [1.29, 1.82) is 0 Å². The van der Waals surface area contributed by atoms with Crippen LogP contribution in [-0.2, 0) is 27.8 Å². The summed E-state index contributed by atoms with van der Waals surface area (Å²) in [5, 5.41) is 2.07. The van der Waals surface area contributed by atoms with Crippen molar-refractivity contribution in [3.63, 3.8) is 0 Å². The zero-order chi connectivity index (χ0) is 24.1. The molecule has 1 aliphatic rings. The highest BCUT2D eigenvalue weighted by Gasteiger charge is 2.35. The van der Waals surface area contributed by atoms with Gasteiger partial charge in [0, 0.05) is 42.9 Å². The van der Waals surface area contributed by atoms with Crippen molar-refractivity contribution < 1.29 is 13.2 Å². The van der Waals surface area contributed by atoms with Crippen LogP contribution < -0.4 is 0 Å². The molecule has 0 spiro atoms. The first-order valence-corrected chi connectivity index (χ1v) is 14.1. The van der Waals surface area contributed by atoms with Crippen molar-refractivity contribution in [3.05, 3.63) is 88.1 Å². The molecular weight excluding hydrogens is 464 g/mol. The number of benzene rings is 2. The molecule has 2 aromatic carbocycles. The molecule has 7 heteroatoms.